The predicted molar refractivity (Wildman–Crippen MR) is 76.1 cm³/mol. The zero-order valence-electron chi connectivity index (χ0n) is 11.4. The Balaban J connectivity index is 1.87. The van der Waals surface area contributed by atoms with Crippen LogP contribution in [0.2, 0.25) is 0 Å². The normalized spacial score (nSPS) is 21.1. The Morgan fingerprint density at radius 3 is 3.05 bits per heavy atom. The van der Waals surface area contributed by atoms with Gasteiger partial charge in [0, 0.05) is 25.6 Å². The first-order chi connectivity index (χ1) is 9.29. The molecule has 4 nitrogen and oxygen atoms in total. The lowest BCUT2D eigenvalue weighted by Crippen LogP contribution is -2.37. The summed E-state index contributed by atoms with van der Waals surface area (Å²) in [4.78, 5) is 4.72. The van der Waals surface area contributed by atoms with Crippen molar-refractivity contribution in [2.75, 3.05) is 6.61 Å². The van der Waals surface area contributed by atoms with E-state index in [0.717, 1.165) is 43.8 Å². The zero-order chi connectivity index (χ0) is 13.2. The molecule has 1 fully saturated rings. The second kappa shape index (κ2) is 5.31. The number of nitrogens with zero attached hydrogens (tertiary/aromatic N) is 2. The molecule has 2 unspecified atom stereocenters. The first-order valence-corrected chi connectivity index (χ1v) is 7.11. The molecule has 19 heavy (non-hydrogen) atoms. The van der Waals surface area contributed by atoms with Gasteiger partial charge < -0.3 is 15.0 Å². The summed E-state index contributed by atoms with van der Waals surface area (Å²) in [6.07, 6.45) is 3.19. The van der Waals surface area contributed by atoms with Crippen LogP contribution in [0.3, 0.4) is 0 Å². The number of hydrogen-bond donors (Lipinski definition) is 1. The van der Waals surface area contributed by atoms with Gasteiger partial charge in [-0.05, 0) is 31.9 Å². The molecule has 1 saturated heterocycles. The summed E-state index contributed by atoms with van der Waals surface area (Å²) in [5.74, 6) is 1.08. The topological polar surface area (TPSA) is 53.1 Å². The first kappa shape index (κ1) is 12.6. The van der Waals surface area contributed by atoms with E-state index in [1.54, 1.807) is 0 Å². The molecule has 102 valence electrons. The van der Waals surface area contributed by atoms with Crippen molar-refractivity contribution < 1.29 is 4.74 Å². The van der Waals surface area contributed by atoms with Crippen LogP contribution < -0.4 is 5.73 Å². The molecule has 4 heteroatoms. The van der Waals surface area contributed by atoms with Crippen LogP contribution >= 0.6 is 0 Å². The molecular weight excluding hydrogens is 238 g/mol. The van der Waals surface area contributed by atoms with Crippen LogP contribution in [0.4, 0.5) is 0 Å². The minimum absolute atomic E-state index is 0.0459. The first-order valence-electron chi connectivity index (χ1n) is 7.11. The van der Waals surface area contributed by atoms with Gasteiger partial charge in [-0.25, -0.2) is 4.98 Å². The van der Waals surface area contributed by atoms with Gasteiger partial charge in [-0.3, -0.25) is 0 Å². The maximum atomic E-state index is 6.28. The van der Waals surface area contributed by atoms with Gasteiger partial charge in [0.2, 0.25) is 0 Å². The van der Waals surface area contributed by atoms with E-state index in [1.165, 1.54) is 5.52 Å². The lowest BCUT2D eigenvalue weighted by molar-refractivity contribution is 0.0893. The third kappa shape index (κ3) is 2.38. The largest absolute Gasteiger partial charge is 0.377 e. The number of aryl methyl sites for hydroxylation is 1. The molecule has 0 amide bonds. The molecule has 0 bridgehead atoms. The van der Waals surface area contributed by atoms with E-state index in [-0.39, 0.29) is 12.1 Å². The molecule has 1 aliphatic heterocycles. The number of imidazole rings is 1. The number of ether oxygens (including phenoxy) is 1. The van der Waals surface area contributed by atoms with Crippen LogP contribution in [-0.4, -0.2) is 28.3 Å². The van der Waals surface area contributed by atoms with E-state index in [4.69, 9.17) is 15.5 Å². The average Bonchev–Trinajstić information content (AvgIpc) is 3.05. The van der Waals surface area contributed by atoms with Gasteiger partial charge in [-0.2, -0.15) is 0 Å². The van der Waals surface area contributed by atoms with Crippen molar-refractivity contribution in [2.45, 2.75) is 44.9 Å². The van der Waals surface area contributed by atoms with Crippen molar-refractivity contribution in [1.29, 1.82) is 0 Å². The molecule has 2 atom stereocenters. The lowest BCUT2D eigenvalue weighted by atomic mass is 10.1. The summed E-state index contributed by atoms with van der Waals surface area (Å²) in [6, 6.07) is 8.30. The van der Waals surface area contributed by atoms with Crippen molar-refractivity contribution in [3.05, 3.63) is 30.1 Å². The number of aromatic nitrogens is 2. The van der Waals surface area contributed by atoms with Crippen LogP contribution in [0.25, 0.3) is 11.0 Å². The summed E-state index contributed by atoms with van der Waals surface area (Å²) >= 11 is 0. The molecule has 1 aromatic heterocycles. The fourth-order valence-corrected chi connectivity index (χ4v) is 2.92. The van der Waals surface area contributed by atoms with E-state index in [2.05, 4.69) is 29.7 Å². The zero-order valence-corrected chi connectivity index (χ0v) is 11.4. The number of para-hydroxylation sites is 2. The van der Waals surface area contributed by atoms with Crippen LogP contribution in [0, 0.1) is 0 Å². The van der Waals surface area contributed by atoms with Gasteiger partial charge in [0.1, 0.15) is 5.82 Å². The fraction of sp³-hybridized carbons (Fsp3) is 0.533. The Hall–Kier alpha value is -1.39. The number of benzene rings is 1. The molecule has 1 aromatic carbocycles. The molecule has 2 N–H and O–H groups in total. The molecule has 0 radical (unpaired) electrons. The van der Waals surface area contributed by atoms with Gasteiger partial charge in [0.05, 0.1) is 17.1 Å². The van der Waals surface area contributed by atoms with E-state index in [0.29, 0.717) is 0 Å². The highest BCUT2D eigenvalue weighted by molar-refractivity contribution is 5.75. The predicted octanol–water partition coefficient (Wildman–Crippen LogP) is 2.10. The molecule has 1 aliphatic rings. The molecule has 3 rings (SSSR count). The lowest BCUT2D eigenvalue weighted by Gasteiger charge is -2.18. The Morgan fingerprint density at radius 1 is 1.47 bits per heavy atom. The van der Waals surface area contributed by atoms with Crippen LogP contribution in [0.5, 0.6) is 0 Å². The van der Waals surface area contributed by atoms with Crippen LogP contribution in [0.15, 0.2) is 24.3 Å². The number of fused-ring (bicyclic) bond motifs is 1. The minimum atomic E-state index is 0.0459. The Bertz CT molecular complexity index is 558. The highest BCUT2D eigenvalue weighted by Gasteiger charge is 2.24. The van der Waals surface area contributed by atoms with E-state index < -0.39 is 0 Å². The van der Waals surface area contributed by atoms with Crippen molar-refractivity contribution in [2.24, 2.45) is 5.73 Å². The smallest absolute Gasteiger partial charge is 0.111 e. The summed E-state index contributed by atoms with van der Waals surface area (Å²) in [6.45, 7) is 3.92. The fourth-order valence-electron chi connectivity index (χ4n) is 2.92. The highest BCUT2D eigenvalue weighted by Crippen LogP contribution is 2.20. The molecular formula is C15H21N3O. The van der Waals surface area contributed by atoms with Gasteiger partial charge in [0.25, 0.3) is 0 Å². The summed E-state index contributed by atoms with van der Waals surface area (Å²) in [5, 5.41) is 0. The Kier molecular flexibility index (Phi) is 3.53. The quantitative estimate of drug-likeness (QED) is 0.915. The minimum Gasteiger partial charge on any atom is -0.377 e. The second-order valence-electron chi connectivity index (χ2n) is 5.18. The number of nitrogens with two attached hydrogens (primary N) is 1. The third-order valence-corrected chi connectivity index (χ3v) is 3.91. The van der Waals surface area contributed by atoms with Crippen LogP contribution in [0.1, 0.15) is 25.6 Å². The summed E-state index contributed by atoms with van der Waals surface area (Å²) < 4.78 is 7.93. The monoisotopic (exact) mass is 259 g/mol. The second-order valence-corrected chi connectivity index (χ2v) is 5.18. The van der Waals surface area contributed by atoms with Crippen molar-refractivity contribution in [3.8, 4) is 0 Å². The molecule has 0 spiro atoms. The average molecular weight is 259 g/mol. The van der Waals surface area contributed by atoms with Gasteiger partial charge >= 0.3 is 0 Å². The van der Waals surface area contributed by atoms with E-state index >= 15 is 0 Å². The third-order valence-electron chi connectivity index (χ3n) is 3.91. The maximum absolute atomic E-state index is 6.28. The van der Waals surface area contributed by atoms with Gasteiger partial charge in [-0.15, -0.1) is 0 Å². The molecule has 2 heterocycles. The summed E-state index contributed by atoms with van der Waals surface area (Å²) in [7, 11) is 0. The molecule has 2 aromatic rings. The van der Waals surface area contributed by atoms with Crippen molar-refractivity contribution in [1.82, 2.24) is 9.55 Å². The van der Waals surface area contributed by atoms with Crippen molar-refractivity contribution >= 4 is 11.0 Å². The van der Waals surface area contributed by atoms with Crippen molar-refractivity contribution in [3.63, 3.8) is 0 Å². The maximum Gasteiger partial charge on any atom is 0.111 e. The number of rotatable bonds is 4. The number of hydrogen-bond acceptors (Lipinski definition) is 3. The van der Waals surface area contributed by atoms with Gasteiger partial charge in [0.15, 0.2) is 0 Å². The van der Waals surface area contributed by atoms with E-state index in [9.17, 15) is 0 Å². The van der Waals surface area contributed by atoms with Gasteiger partial charge in [-0.1, -0.05) is 12.1 Å². The molecule has 0 saturated carbocycles. The Labute approximate surface area is 113 Å². The summed E-state index contributed by atoms with van der Waals surface area (Å²) in [5.41, 5.74) is 8.53. The highest BCUT2D eigenvalue weighted by atomic mass is 16.5. The van der Waals surface area contributed by atoms with Crippen LogP contribution in [-0.2, 0) is 17.7 Å². The standard InChI is InChI=1S/C15H21N3O/c1-2-18-13-7-4-3-6-12(13)17-15(18)10-11(16)14-8-5-9-19-14/h3-4,6-7,11,14H,2,5,8-10,16H2,1H3. The van der Waals surface area contributed by atoms with E-state index in [1.807, 2.05) is 6.07 Å². The SMILES string of the molecule is CCn1c(CC(N)C2CCCO2)nc2ccccc21. The molecule has 0 aliphatic carbocycles. The Morgan fingerprint density at radius 2 is 2.32 bits per heavy atom.